The Morgan fingerprint density at radius 3 is 2.75 bits per heavy atom. The zero-order valence-electron chi connectivity index (χ0n) is 4.83. The van der Waals surface area contributed by atoms with Gasteiger partial charge in [-0.15, -0.1) is 5.11 Å². The maximum absolute atomic E-state index is 5.22. The molecule has 0 saturated heterocycles. The molecule has 0 heterocycles. The van der Waals surface area contributed by atoms with Gasteiger partial charge < -0.3 is 5.73 Å². The van der Waals surface area contributed by atoms with E-state index in [-0.39, 0.29) is 0 Å². The summed E-state index contributed by atoms with van der Waals surface area (Å²) in [7, 11) is 1.56. The highest BCUT2D eigenvalue weighted by Crippen LogP contribution is 1.84. The molecule has 8 heavy (non-hydrogen) atoms. The summed E-state index contributed by atoms with van der Waals surface area (Å²) in [5.74, 6) is 0.377. The van der Waals surface area contributed by atoms with Crippen LogP contribution >= 0.6 is 0 Å². The summed E-state index contributed by atoms with van der Waals surface area (Å²) in [6.07, 6.45) is 3.14. The van der Waals surface area contributed by atoms with Gasteiger partial charge in [0.2, 0.25) is 0 Å². The minimum atomic E-state index is 0.377. The molecule has 44 valence electrons. The third-order valence-electron chi connectivity index (χ3n) is 0.504. The molecule has 0 aromatic carbocycles. The minimum Gasteiger partial charge on any atom is -0.382 e. The second-order valence-corrected chi connectivity index (χ2v) is 1.13. The van der Waals surface area contributed by atoms with Gasteiger partial charge >= 0.3 is 0 Å². The minimum absolute atomic E-state index is 0.377. The molecular formula is C5H9N3. The third kappa shape index (κ3) is 3.08. The van der Waals surface area contributed by atoms with E-state index in [9.17, 15) is 0 Å². The molecule has 0 amide bonds. The van der Waals surface area contributed by atoms with E-state index in [0.717, 1.165) is 0 Å². The van der Waals surface area contributed by atoms with Crippen LogP contribution in [-0.4, -0.2) is 7.05 Å². The molecule has 0 aromatic heterocycles. The third-order valence-corrected chi connectivity index (χ3v) is 0.504. The number of hydrogen-bond donors (Lipinski definition) is 1. The van der Waals surface area contributed by atoms with Gasteiger partial charge in [-0.2, -0.15) is 5.11 Å². The van der Waals surface area contributed by atoms with Gasteiger partial charge in [0.1, 0.15) is 5.82 Å². The summed E-state index contributed by atoms with van der Waals surface area (Å²) < 4.78 is 0. The molecule has 0 bridgehead atoms. The van der Waals surface area contributed by atoms with Crippen molar-refractivity contribution < 1.29 is 0 Å². The van der Waals surface area contributed by atoms with Crippen molar-refractivity contribution in [1.29, 1.82) is 0 Å². The summed E-state index contributed by atoms with van der Waals surface area (Å²) in [5.41, 5.74) is 5.22. The van der Waals surface area contributed by atoms with Crippen molar-refractivity contribution in [1.82, 2.24) is 0 Å². The standard InChI is InChI=1S/C5H9N3/c1-3-4-5(6)8-7-2/h3-4H,1,6H2,2H3/b5-4-,8-7-. The Hall–Kier alpha value is -1.12. The molecule has 0 atom stereocenters. The van der Waals surface area contributed by atoms with Crippen LogP contribution in [0.5, 0.6) is 0 Å². The van der Waals surface area contributed by atoms with Gasteiger partial charge in [0.15, 0.2) is 0 Å². The van der Waals surface area contributed by atoms with Crippen molar-refractivity contribution in [3.8, 4) is 0 Å². The lowest BCUT2D eigenvalue weighted by molar-refractivity contribution is 1.06. The Labute approximate surface area is 48.6 Å². The first-order valence-electron chi connectivity index (χ1n) is 2.19. The fourth-order valence-electron chi connectivity index (χ4n) is 0.270. The number of rotatable bonds is 2. The molecule has 0 rings (SSSR count). The first-order chi connectivity index (χ1) is 3.81. The van der Waals surface area contributed by atoms with Crippen molar-refractivity contribution in [3.63, 3.8) is 0 Å². The second-order valence-electron chi connectivity index (χ2n) is 1.13. The van der Waals surface area contributed by atoms with Crippen LogP contribution in [0, 0.1) is 0 Å². The summed E-state index contributed by atoms with van der Waals surface area (Å²) >= 11 is 0. The van der Waals surface area contributed by atoms with Crippen LogP contribution in [0.15, 0.2) is 34.8 Å². The Morgan fingerprint density at radius 2 is 2.38 bits per heavy atom. The molecule has 0 aliphatic heterocycles. The average molecular weight is 111 g/mol. The molecule has 2 N–H and O–H groups in total. The van der Waals surface area contributed by atoms with Crippen LogP contribution in [0.3, 0.4) is 0 Å². The fourth-order valence-corrected chi connectivity index (χ4v) is 0.270. The van der Waals surface area contributed by atoms with Gasteiger partial charge in [-0.25, -0.2) is 0 Å². The highest BCUT2D eigenvalue weighted by molar-refractivity contribution is 5.03. The lowest BCUT2D eigenvalue weighted by atomic mass is 10.5. The highest BCUT2D eigenvalue weighted by atomic mass is 15.1. The zero-order valence-corrected chi connectivity index (χ0v) is 4.83. The van der Waals surface area contributed by atoms with Gasteiger partial charge in [-0.1, -0.05) is 12.7 Å². The Kier molecular flexibility index (Phi) is 3.48. The predicted molar refractivity (Wildman–Crippen MR) is 33.2 cm³/mol. The molecule has 0 fully saturated rings. The van der Waals surface area contributed by atoms with Gasteiger partial charge in [0.25, 0.3) is 0 Å². The van der Waals surface area contributed by atoms with E-state index < -0.39 is 0 Å². The summed E-state index contributed by atoms with van der Waals surface area (Å²) in [6, 6.07) is 0. The van der Waals surface area contributed by atoms with E-state index in [1.54, 1.807) is 19.2 Å². The van der Waals surface area contributed by atoms with Crippen molar-refractivity contribution in [2.75, 3.05) is 7.05 Å². The molecule has 0 radical (unpaired) electrons. The van der Waals surface area contributed by atoms with E-state index in [4.69, 9.17) is 5.73 Å². The van der Waals surface area contributed by atoms with Crippen LogP contribution in [0.2, 0.25) is 0 Å². The lowest BCUT2D eigenvalue weighted by Gasteiger charge is -1.82. The first kappa shape index (κ1) is 6.88. The van der Waals surface area contributed by atoms with Crippen LogP contribution in [0.25, 0.3) is 0 Å². The SMILES string of the molecule is C=C/C=C(N)\N=N/C. The molecule has 0 aromatic rings. The number of nitrogens with two attached hydrogens (primary N) is 1. The van der Waals surface area contributed by atoms with Crippen molar-refractivity contribution >= 4 is 0 Å². The Bertz CT molecular complexity index is 124. The Morgan fingerprint density at radius 1 is 1.75 bits per heavy atom. The normalized spacial score (nSPS) is 12.4. The maximum atomic E-state index is 5.22. The second kappa shape index (κ2) is 4.05. The molecule has 3 nitrogen and oxygen atoms in total. The van der Waals surface area contributed by atoms with Gasteiger partial charge in [0, 0.05) is 7.05 Å². The summed E-state index contributed by atoms with van der Waals surface area (Å²) in [4.78, 5) is 0. The monoisotopic (exact) mass is 111 g/mol. The smallest absolute Gasteiger partial charge is 0.145 e. The van der Waals surface area contributed by atoms with Gasteiger partial charge in [-0.05, 0) is 6.08 Å². The van der Waals surface area contributed by atoms with Crippen LogP contribution in [0.1, 0.15) is 0 Å². The summed E-state index contributed by atoms with van der Waals surface area (Å²) in [6.45, 7) is 3.42. The molecule has 0 aliphatic rings. The molecule has 0 spiro atoms. The van der Waals surface area contributed by atoms with E-state index in [2.05, 4.69) is 16.8 Å². The fraction of sp³-hybridized carbons (Fsp3) is 0.200. The average Bonchev–Trinajstić information content (AvgIpc) is 1.68. The molecule has 0 saturated carbocycles. The van der Waals surface area contributed by atoms with Crippen LogP contribution < -0.4 is 5.73 Å². The molecule has 0 aliphatic carbocycles. The predicted octanol–water partition coefficient (Wildman–Crippen LogP) is 1.05. The topological polar surface area (TPSA) is 50.7 Å². The number of hydrogen-bond acceptors (Lipinski definition) is 3. The molecule has 3 heteroatoms. The van der Waals surface area contributed by atoms with Crippen molar-refractivity contribution in [2.45, 2.75) is 0 Å². The quantitative estimate of drug-likeness (QED) is 0.420. The van der Waals surface area contributed by atoms with Crippen LogP contribution in [-0.2, 0) is 0 Å². The zero-order chi connectivity index (χ0) is 6.41. The lowest BCUT2D eigenvalue weighted by Crippen LogP contribution is -1.89. The maximum Gasteiger partial charge on any atom is 0.145 e. The number of azo groups is 1. The van der Waals surface area contributed by atoms with Gasteiger partial charge in [-0.3, -0.25) is 0 Å². The highest BCUT2D eigenvalue weighted by Gasteiger charge is 1.74. The number of allylic oxidation sites excluding steroid dienone is 2. The van der Waals surface area contributed by atoms with Crippen LogP contribution in [0.4, 0.5) is 0 Å². The summed E-state index contributed by atoms with van der Waals surface area (Å²) in [5, 5.41) is 6.95. The van der Waals surface area contributed by atoms with E-state index >= 15 is 0 Å². The van der Waals surface area contributed by atoms with E-state index in [1.165, 1.54) is 0 Å². The largest absolute Gasteiger partial charge is 0.382 e. The van der Waals surface area contributed by atoms with E-state index in [1.807, 2.05) is 0 Å². The van der Waals surface area contributed by atoms with Gasteiger partial charge in [0.05, 0.1) is 0 Å². The Balaban J connectivity index is 3.79. The van der Waals surface area contributed by atoms with Crippen molar-refractivity contribution in [2.24, 2.45) is 16.0 Å². The first-order valence-corrected chi connectivity index (χ1v) is 2.19. The molecular weight excluding hydrogens is 102 g/mol. The van der Waals surface area contributed by atoms with Crippen molar-refractivity contribution in [3.05, 3.63) is 24.6 Å². The number of nitrogens with zero attached hydrogens (tertiary/aromatic N) is 2. The molecule has 0 unspecified atom stereocenters. The van der Waals surface area contributed by atoms with E-state index in [0.29, 0.717) is 5.82 Å².